The molecule has 1 fully saturated rings. The minimum absolute atomic E-state index is 0.0169. The first kappa shape index (κ1) is 15.0. The molecule has 0 aromatic carbocycles. The third-order valence-corrected chi connectivity index (χ3v) is 3.15. The maximum Gasteiger partial charge on any atom is 0.296 e. The van der Waals surface area contributed by atoms with Crippen molar-refractivity contribution in [1.82, 2.24) is 5.43 Å². The Hall–Kier alpha value is -1.06. The van der Waals surface area contributed by atoms with E-state index in [1.165, 1.54) is 0 Å². The summed E-state index contributed by atoms with van der Waals surface area (Å²) in [7, 11) is 0. The van der Waals surface area contributed by atoms with Crippen molar-refractivity contribution in [1.29, 1.82) is 0 Å². The van der Waals surface area contributed by atoms with Gasteiger partial charge in [-0.2, -0.15) is 5.43 Å². The summed E-state index contributed by atoms with van der Waals surface area (Å²) in [6.07, 6.45) is -7.58. The fourth-order valence-electron chi connectivity index (χ4n) is 1.55. The zero-order valence-electron chi connectivity index (χ0n) is 10.1. The summed E-state index contributed by atoms with van der Waals surface area (Å²) < 4.78 is 0.314. The molecule has 1 saturated heterocycles. The molecule has 104 valence electrons. The van der Waals surface area contributed by atoms with Crippen LogP contribution in [0.25, 0.3) is 0 Å². The van der Waals surface area contributed by atoms with Crippen LogP contribution in [0.3, 0.4) is 0 Å². The molecule has 0 spiro atoms. The molecule has 5 N–H and O–H groups in total. The van der Waals surface area contributed by atoms with Crippen LogP contribution < -0.4 is 5.43 Å². The Kier molecular flexibility index (Phi) is 4.77. The summed E-state index contributed by atoms with van der Waals surface area (Å²) in [6.45, 7) is 3.99. The molecule has 1 aliphatic heterocycles. The number of amides is 1. The molecule has 0 aromatic heterocycles. The second kappa shape index (κ2) is 5.72. The van der Waals surface area contributed by atoms with E-state index in [1.54, 1.807) is 0 Å². The van der Waals surface area contributed by atoms with Crippen LogP contribution in [0.15, 0.2) is 0 Å². The minimum atomic E-state index is -1.93. The zero-order valence-corrected chi connectivity index (χ0v) is 10.1. The Morgan fingerprint density at radius 1 is 1.28 bits per heavy atom. The first-order chi connectivity index (χ1) is 8.37. The number of rotatable bonds is 7. The van der Waals surface area contributed by atoms with Gasteiger partial charge < -0.3 is 25.2 Å². The lowest BCUT2D eigenvalue weighted by molar-refractivity contribution is -0.835. The minimum Gasteiger partial charge on any atom is -0.387 e. The molecule has 0 saturated carbocycles. The summed E-state index contributed by atoms with van der Waals surface area (Å²) >= 11 is 0. The number of carbonyl (C=O) groups is 2. The lowest BCUT2D eigenvalue weighted by Crippen LogP contribution is -2.55. The van der Waals surface area contributed by atoms with Gasteiger partial charge in [-0.15, -0.1) is 0 Å². The molecule has 18 heavy (non-hydrogen) atoms. The second-order valence-corrected chi connectivity index (χ2v) is 4.44. The number of quaternary nitrogens is 1. The molecule has 1 amide bonds. The van der Waals surface area contributed by atoms with E-state index >= 15 is 0 Å². The highest BCUT2D eigenvalue weighted by Crippen LogP contribution is 2.16. The van der Waals surface area contributed by atoms with Crippen molar-refractivity contribution in [3.05, 3.63) is 0 Å². The van der Waals surface area contributed by atoms with Crippen LogP contribution in [0.2, 0.25) is 0 Å². The molecule has 1 rings (SSSR count). The summed E-state index contributed by atoms with van der Waals surface area (Å²) in [5.74, 6) is -0.848. The number of aliphatic hydroxyl groups excluding tert-OH is 4. The fraction of sp³-hybridized carbons (Fsp3) is 0.800. The van der Waals surface area contributed by atoms with Crippen molar-refractivity contribution in [3.63, 3.8) is 0 Å². The standard InChI is InChI=1S/C10H18N2O6/c1-2-12(3-4-12)11-10(18)9(17)8(16)7(15)6(14)5-13/h5-9,14-17H,2-4H2,1H3/p+1/t6-,7-,8+,9-/m1/s1. The van der Waals surface area contributed by atoms with Crippen molar-refractivity contribution in [2.24, 2.45) is 0 Å². The third-order valence-electron chi connectivity index (χ3n) is 3.15. The van der Waals surface area contributed by atoms with E-state index in [-0.39, 0.29) is 6.29 Å². The van der Waals surface area contributed by atoms with Crippen LogP contribution in [-0.4, -0.2) is 81.3 Å². The van der Waals surface area contributed by atoms with Crippen LogP contribution in [0.4, 0.5) is 0 Å². The van der Waals surface area contributed by atoms with Crippen molar-refractivity contribution >= 4 is 12.2 Å². The molecule has 8 nitrogen and oxygen atoms in total. The van der Waals surface area contributed by atoms with Gasteiger partial charge in [0.1, 0.15) is 18.3 Å². The van der Waals surface area contributed by atoms with Crippen molar-refractivity contribution in [3.8, 4) is 0 Å². The molecular formula is C10H19N2O6+. The number of nitrogens with zero attached hydrogens (tertiary/aromatic N) is 1. The van der Waals surface area contributed by atoms with Crippen LogP contribution in [-0.2, 0) is 9.59 Å². The van der Waals surface area contributed by atoms with E-state index in [1.807, 2.05) is 6.92 Å². The van der Waals surface area contributed by atoms with E-state index < -0.39 is 30.3 Å². The van der Waals surface area contributed by atoms with Gasteiger partial charge in [0.15, 0.2) is 25.5 Å². The average Bonchev–Trinajstić information content (AvgIpc) is 3.15. The maximum absolute atomic E-state index is 11.6. The number of aldehydes is 1. The second-order valence-electron chi connectivity index (χ2n) is 4.44. The van der Waals surface area contributed by atoms with Gasteiger partial charge in [0.25, 0.3) is 5.91 Å². The van der Waals surface area contributed by atoms with Gasteiger partial charge in [0.2, 0.25) is 0 Å². The van der Waals surface area contributed by atoms with E-state index in [2.05, 4.69) is 5.43 Å². The highest BCUT2D eigenvalue weighted by atomic mass is 16.4. The van der Waals surface area contributed by atoms with Crippen LogP contribution in [0.1, 0.15) is 6.92 Å². The lowest BCUT2D eigenvalue weighted by atomic mass is 10.0. The van der Waals surface area contributed by atoms with Crippen LogP contribution in [0, 0.1) is 0 Å². The Morgan fingerprint density at radius 2 is 1.83 bits per heavy atom. The number of hydrogen-bond donors (Lipinski definition) is 5. The number of aliphatic hydroxyl groups is 4. The Morgan fingerprint density at radius 3 is 2.22 bits per heavy atom. The smallest absolute Gasteiger partial charge is 0.296 e. The molecule has 8 heteroatoms. The largest absolute Gasteiger partial charge is 0.387 e. The Labute approximate surface area is 104 Å². The fourth-order valence-corrected chi connectivity index (χ4v) is 1.55. The molecule has 4 atom stereocenters. The monoisotopic (exact) mass is 263 g/mol. The molecule has 0 aliphatic carbocycles. The number of carbonyl (C=O) groups excluding carboxylic acids is 2. The summed E-state index contributed by atoms with van der Waals surface area (Å²) in [6, 6.07) is 0. The molecular weight excluding hydrogens is 244 g/mol. The number of hydrogen-bond acceptors (Lipinski definition) is 6. The molecule has 1 aliphatic rings. The molecule has 0 unspecified atom stereocenters. The average molecular weight is 263 g/mol. The molecule has 0 radical (unpaired) electrons. The Bertz CT molecular complexity index is 319. The first-order valence-electron chi connectivity index (χ1n) is 5.72. The molecule has 1 heterocycles. The van der Waals surface area contributed by atoms with Gasteiger partial charge in [0, 0.05) is 0 Å². The number of nitrogens with one attached hydrogen (secondary N) is 1. The summed E-state index contributed by atoms with van der Waals surface area (Å²) in [5, 5.41) is 37.3. The third kappa shape index (κ3) is 3.24. The zero-order chi connectivity index (χ0) is 13.9. The molecule has 0 aromatic rings. The van der Waals surface area contributed by atoms with E-state index in [0.717, 1.165) is 13.1 Å². The predicted octanol–water partition coefficient (Wildman–Crippen LogP) is -3.49. The van der Waals surface area contributed by atoms with E-state index in [4.69, 9.17) is 5.11 Å². The van der Waals surface area contributed by atoms with Crippen molar-refractivity contribution < 1.29 is 34.6 Å². The summed E-state index contributed by atoms with van der Waals surface area (Å²) in [4.78, 5) is 21.8. The van der Waals surface area contributed by atoms with Gasteiger partial charge in [0.05, 0.1) is 6.54 Å². The topological polar surface area (TPSA) is 127 Å². The van der Waals surface area contributed by atoms with Crippen molar-refractivity contribution in [2.75, 3.05) is 19.6 Å². The predicted molar refractivity (Wildman–Crippen MR) is 58.8 cm³/mol. The maximum atomic E-state index is 11.6. The SMILES string of the molecule is CC[N+]1(NC(=O)[C@H](O)[C@@H](O)[C@H](O)[C@H](O)C=O)CC1. The summed E-state index contributed by atoms with van der Waals surface area (Å²) in [5.41, 5.74) is 2.52. The van der Waals surface area contributed by atoms with Gasteiger partial charge in [-0.25, -0.2) is 4.59 Å². The van der Waals surface area contributed by atoms with Gasteiger partial charge in [-0.3, -0.25) is 4.79 Å². The van der Waals surface area contributed by atoms with Gasteiger partial charge in [-0.1, -0.05) is 0 Å². The lowest BCUT2D eigenvalue weighted by Gasteiger charge is -2.25. The first-order valence-corrected chi connectivity index (χ1v) is 5.72. The van der Waals surface area contributed by atoms with Gasteiger partial charge in [-0.05, 0) is 6.92 Å². The highest BCUT2D eigenvalue weighted by molar-refractivity contribution is 5.80. The molecule has 0 bridgehead atoms. The van der Waals surface area contributed by atoms with Crippen molar-refractivity contribution in [2.45, 2.75) is 31.3 Å². The quantitative estimate of drug-likeness (QED) is 0.184. The normalized spacial score (nSPS) is 23.6. The number of likely N-dealkylation sites (N-methyl/N-ethyl adjacent to an activating group) is 1. The van der Waals surface area contributed by atoms with Gasteiger partial charge >= 0.3 is 0 Å². The van der Waals surface area contributed by atoms with Crippen LogP contribution in [0.5, 0.6) is 0 Å². The van der Waals surface area contributed by atoms with Crippen LogP contribution >= 0.6 is 0 Å². The highest BCUT2D eigenvalue weighted by Gasteiger charge is 2.45. The van der Waals surface area contributed by atoms with E-state index in [9.17, 15) is 24.9 Å². The van der Waals surface area contributed by atoms with E-state index in [0.29, 0.717) is 11.1 Å². The Balaban J connectivity index is 2.54.